The predicted octanol–water partition coefficient (Wildman–Crippen LogP) is 1.66. The maximum Gasteiger partial charge on any atom is 0.154 e. The first-order valence-corrected chi connectivity index (χ1v) is 9.58. The minimum absolute atomic E-state index is 0.156. The Balaban J connectivity index is 1.70. The van der Waals surface area contributed by atoms with Gasteiger partial charge in [-0.15, -0.1) is 0 Å². The Labute approximate surface area is 128 Å². The Morgan fingerprint density at radius 3 is 2.43 bits per heavy atom. The van der Waals surface area contributed by atoms with Crippen molar-refractivity contribution in [2.45, 2.75) is 25.0 Å². The molecule has 0 bridgehead atoms. The van der Waals surface area contributed by atoms with Gasteiger partial charge in [0.2, 0.25) is 0 Å². The first kappa shape index (κ1) is 16.5. The number of rotatable bonds is 7. The molecule has 0 spiro atoms. The van der Waals surface area contributed by atoms with E-state index in [1.165, 1.54) is 0 Å². The molecule has 0 aliphatic carbocycles. The molecule has 1 aliphatic heterocycles. The van der Waals surface area contributed by atoms with Crippen LogP contribution in [0.5, 0.6) is 0 Å². The largest absolute Gasteiger partial charge is 0.330 e. The molecule has 118 valence electrons. The van der Waals surface area contributed by atoms with Crippen molar-refractivity contribution in [1.29, 1.82) is 0 Å². The van der Waals surface area contributed by atoms with Gasteiger partial charge in [-0.05, 0) is 56.9 Å². The van der Waals surface area contributed by atoms with Crippen molar-refractivity contribution in [2.24, 2.45) is 11.7 Å². The van der Waals surface area contributed by atoms with E-state index in [-0.39, 0.29) is 11.5 Å². The Hall–Kier alpha value is -0.910. The third kappa shape index (κ3) is 5.77. The molecule has 1 saturated heterocycles. The average molecular weight is 310 g/mol. The zero-order chi connectivity index (χ0) is 15.1. The van der Waals surface area contributed by atoms with Crippen LogP contribution in [0.3, 0.4) is 0 Å². The van der Waals surface area contributed by atoms with Crippen molar-refractivity contribution < 1.29 is 8.42 Å². The van der Waals surface area contributed by atoms with Crippen LogP contribution in [0.2, 0.25) is 0 Å². The second-order valence-corrected chi connectivity index (χ2v) is 8.14. The Morgan fingerprint density at radius 2 is 1.81 bits per heavy atom. The molecular formula is C16H26N2O2S. The van der Waals surface area contributed by atoms with Crippen molar-refractivity contribution in [2.75, 3.05) is 31.9 Å². The number of hydrogen-bond acceptors (Lipinski definition) is 4. The second kappa shape index (κ2) is 7.92. The quantitative estimate of drug-likeness (QED) is 0.832. The van der Waals surface area contributed by atoms with Crippen molar-refractivity contribution >= 4 is 9.84 Å². The van der Waals surface area contributed by atoms with Gasteiger partial charge < -0.3 is 10.6 Å². The maximum absolute atomic E-state index is 12.1. The minimum Gasteiger partial charge on any atom is -0.330 e. The zero-order valence-electron chi connectivity index (χ0n) is 12.6. The van der Waals surface area contributed by atoms with Crippen molar-refractivity contribution in [3.63, 3.8) is 0 Å². The lowest BCUT2D eigenvalue weighted by Crippen LogP contribution is -2.37. The highest BCUT2D eigenvalue weighted by Gasteiger charge is 2.18. The van der Waals surface area contributed by atoms with E-state index in [2.05, 4.69) is 4.90 Å². The summed E-state index contributed by atoms with van der Waals surface area (Å²) in [6.07, 6.45) is 3.02. The van der Waals surface area contributed by atoms with Crippen LogP contribution in [0.25, 0.3) is 0 Å². The van der Waals surface area contributed by atoms with Gasteiger partial charge in [0.15, 0.2) is 9.84 Å². The summed E-state index contributed by atoms with van der Waals surface area (Å²) >= 11 is 0. The minimum atomic E-state index is -3.00. The number of nitrogens with zero attached hydrogens (tertiary/aromatic N) is 1. The summed E-state index contributed by atoms with van der Waals surface area (Å²) < 4.78 is 24.2. The molecule has 1 heterocycles. The molecule has 21 heavy (non-hydrogen) atoms. The lowest BCUT2D eigenvalue weighted by atomic mass is 9.97. The van der Waals surface area contributed by atoms with Gasteiger partial charge in [0.05, 0.1) is 11.5 Å². The Morgan fingerprint density at radius 1 is 1.14 bits per heavy atom. The molecule has 0 amide bonds. The van der Waals surface area contributed by atoms with Gasteiger partial charge in [-0.2, -0.15) is 0 Å². The normalized spacial score (nSPS) is 18.0. The van der Waals surface area contributed by atoms with E-state index >= 15 is 0 Å². The Kier molecular flexibility index (Phi) is 6.21. The summed E-state index contributed by atoms with van der Waals surface area (Å²) in [5.41, 5.74) is 6.56. The number of benzene rings is 1. The van der Waals surface area contributed by atoms with Crippen LogP contribution >= 0.6 is 0 Å². The molecule has 1 aromatic rings. The first-order valence-electron chi connectivity index (χ1n) is 7.76. The van der Waals surface area contributed by atoms with E-state index < -0.39 is 9.84 Å². The van der Waals surface area contributed by atoms with Gasteiger partial charge in [0, 0.05) is 0 Å². The molecular weight excluding hydrogens is 284 g/mol. The van der Waals surface area contributed by atoms with Crippen LogP contribution in [-0.2, 0) is 15.6 Å². The highest BCUT2D eigenvalue weighted by molar-refractivity contribution is 7.90. The Bertz CT molecular complexity index is 508. The highest BCUT2D eigenvalue weighted by atomic mass is 32.2. The number of piperidine rings is 1. The summed E-state index contributed by atoms with van der Waals surface area (Å²) in [6.45, 7) is 3.77. The predicted molar refractivity (Wildman–Crippen MR) is 86.8 cm³/mol. The lowest BCUT2D eigenvalue weighted by Gasteiger charge is -2.31. The fraction of sp³-hybridized carbons (Fsp3) is 0.625. The summed E-state index contributed by atoms with van der Waals surface area (Å²) in [5, 5.41) is 0. The molecule has 1 aliphatic rings. The van der Waals surface area contributed by atoms with Gasteiger partial charge in [0.25, 0.3) is 0 Å². The summed E-state index contributed by atoms with van der Waals surface area (Å²) in [6, 6.07) is 9.41. The van der Waals surface area contributed by atoms with Crippen molar-refractivity contribution in [1.82, 2.24) is 4.90 Å². The van der Waals surface area contributed by atoms with Gasteiger partial charge in [-0.25, -0.2) is 8.42 Å². The van der Waals surface area contributed by atoms with E-state index in [1.54, 1.807) is 0 Å². The molecule has 4 nitrogen and oxygen atoms in total. The van der Waals surface area contributed by atoms with Crippen LogP contribution in [0.15, 0.2) is 30.3 Å². The van der Waals surface area contributed by atoms with Crippen molar-refractivity contribution in [3.05, 3.63) is 35.9 Å². The molecule has 0 aromatic heterocycles. The molecule has 0 unspecified atom stereocenters. The van der Waals surface area contributed by atoms with E-state index in [0.717, 1.165) is 51.0 Å². The smallest absolute Gasteiger partial charge is 0.154 e. The molecule has 1 fully saturated rings. The molecule has 1 aromatic carbocycles. The number of hydrogen-bond donors (Lipinski definition) is 1. The second-order valence-electron chi connectivity index (χ2n) is 5.95. The number of nitrogens with two attached hydrogens (primary N) is 1. The number of sulfone groups is 1. The van der Waals surface area contributed by atoms with Gasteiger partial charge in [-0.3, -0.25) is 0 Å². The third-order valence-electron chi connectivity index (χ3n) is 4.20. The topological polar surface area (TPSA) is 63.4 Å². The average Bonchev–Trinajstić information content (AvgIpc) is 2.48. The van der Waals surface area contributed by atoms with Crippen LogP contribution in [0, 0.1) is 5.92 Å². The monoisotopic (exact) mass is 310 g/mol. The number of likely N-dealkylation sites (tertiary alicyclic amines) is 1. The van der Waals surface area contributed by atoms with Crippen LogP contribution < -0.4 is 5.73 Å². The van der Waals surface area contributed by atoms with Gasteiger partial charge >= 0.3 is 0 Å². The summed E-state index contributed by atoms with van der Waals surface area (Å²) in [5.74, 6) is 1.09. The van der Waals surface area contributed by atoms with Gasteiger partial charge in [0.1, 0.15) is 0 Å². The van der Waals surface area contributed by atoms with Gasteiger partial charge in [-0.1, -0.05) is 30.3 Å². The van der Waals surface area contributed by atoms with Crippen LogP contribution in [0.1, 0.15) is 24.8 Å². The van der Waals surface area contributed by atoms with Crippen LogP contribution in [-0.4, -0.2) is 45.2 Å². The molecule has 0 saturated carbocycles. The standard InChI is InChI=1S/C16H26N2O2S/c17-13-15-7-10-18(11-8-15)9-4-12-21(19,20)14-16-5-2-1-3-6-16/h1-3,5-6,15H,4,7-14,17H2. The zero-order valence-corrected chi connectivity index (χ0v) is 13.4. The molecule has 2 rings (SSSR count). The molecule has 0 radical (unpaired) electrons. The summed E-state index contributed by atoms with van der Waals surface area (Å²) in [7, 11) is -3.00. The molecule has 2 N–H and O–H groups in total. The van der Waals surface area contributed by atoms with E-state index in [1.807, 2.05) is 30.3 Å². The first-order chi connectivity index (χ1) is 10.1. The highest BCUT2D eigenvalue weighted by Crippen LogP contribution is 2.16. The van der Waals surface area contributed by atoms with E-state index in [9.17, 15) is 8.42 Å². The molecule has 5 heteroatoms. The van der Waals surface area contributed by atoms with E-state index in [0.29, 0.717) is 5.92 Å². The third-order valence-corrected chi connectivity index (χ3v) is 5.88. The van der Waals surface area contributed by atoms with Crippen molar-refractivity contribution in [3.8, 4) is 0 Å². The SMILES string of the molecule is NCC1CCN(CCCS(=O)(=O)Cc2ccccc2)CC1. The van der Waals surface area contributed by atoms with Crippen LogP contribution in [0.4, 0.5) is 0 Å². The summed E-state index contributed by atoms with van der Waals surface area (Å²) in [4.78, 5) is 2.37. The lowest BCUT2D eigenvalue weighted by molar-refractivity contribution is 0.188. The maximum atomic E-state index is 12.1. The fourth-order valence-electron chi connectivity index (χ4n) is 2.85. The molecule has 0 atom stereocenters. The van der Waals surface area contributed by atoms with E-state index in [4.69, 9.17) is 5.73 Å². The fourth-order valence-corrected chi connectivity index (χ4v) is 4.27.